The first-order valence-corrected chi connectivity index (χ1v) is 3.91. The normalized spacial score (nSPS) is 11.0. The molecule has 0 aliphatic carbocycles. The van der Waals surface area contributed by atoms with Crippen LogP contribution in [0.3, 0.4) is 0 Å². The van der Waals surface area contributed by atoms with Crippen LogP contribution in [0.4, 0.5) is 0 Å². The van der Waals surface area contributed by atoms with Gasteiger partial charge in [-0.2, -0.15) is 0 Å². The summed E-state index contributed by atoms with van der Waals surface area (Å²) >= 11 is 0. The second-order valence-electron chi connectivity index (χ2n) is 2.94. The van der Waals surface area contributed by atoms with E-state index in [-0.39, 0.29) is 6.61 Å². The van der Waals surface area contributed by atoms with Crippen molar-refractivity contribution in [3.8, 4) is 0 Å². The van der Waals surface area contributed by atoms with Crippen LogP contribution in [0.25, 0.3) is 0 Å². The summed E-state index contributed by atoms with van der Waals surface area (Å²) in [4.78, 5) is 6.12. The molecule has 4 nitrogen and oxygen atoms in total. The van der Waals surface area contributed by atoms with Crippen molar-refractivity contribution in [1.82, 2.24) is 9.88 Å². The average Bonchev–Trinajstić information content (AvgIpc) is 2.48. The molecule has 1 aromatic rings. The number of rotatable bonds is 4. The maximum atomic E-state index is 8.70. The van der Waals surface area contributed by atoms with Crippen molar-refractivity contribution in [3.05, 3.63) is 17.8 Å². The van der Waals surface area contributed by atoms with E-state index < -0.39 is 0 Å². The lowest BCUT2D eigenvalue weighted by molar-refractivity contribution is 0.276. The number of oxazole rings is 1. The van der Waals surface area contributed by atoms with Gasteiger partial charge in [-0.3, -0.25) is 0 Å². The topological polar surface area (TPSA) is 49.5 Å². The van der Waals surface area contributed by atoms with E-state index in [2.05, 4.69) is 9.88 Å². The molecule has 0 aromatic carbocycles. The van der Waals surface area contributed by atoms with Crippen molar-refractivity contribution in [2.75, 3.05) is 20.6 Å². The Morgan fingerprint density at radius 1 is 1.58 bits per heavy atom. The third-order valence-corrected chi connectivity index (χ3v) is 1.53. The van der Waals surface area contributed by atoms with Crippen LogP contribution in [0.15, 0.2) is 10.7 Å². The molecule has 68 valence electrons. The van der Waals surface area contributed by atoms with Gasteiger partial charge in [-0.1, -0.05) is 0 Å². The fourth-order valence-electron chi connectivity index (χ4n) is 0.856. The molecule has 0 amide bonds. The van der Waals surface area contributed by atoms with Gasteiger partial charge in [0, 0.05) is 13.0 Å². The van der Waals surface area contributed by atoms with Crippen molar-refractivity contribution in [1.29, 1.82) is 0 Å². The summed E-state index contributed by atoms with van der Waals surface area (Å²) in [6.07, 6.45) is 2.28. The third kappa shape index (κ3) is 2.64. The molecule has 4 heteroatoms. The Hall–Kier alpha value is -0.870. The standard InChI is InChI=1S/C8H14N2O2/c1-10(2)4-3-8-9-7(5-11)6-12-8/h6,11H,3-5H2,1-2H3. The van der Waals surface area contributed by atoms with Gasteiger partial charge in [-0.25, -0.2) is 4.98 Å². The molecular weight excluding hydrogens is 156 g/mol. The van der Waals surface area contributed by atoms with Crippen molar-refractivity contribution >= 4 is 0 Å². The molecule has 1 rings (SSSR count). The second-order valence-corrected chi connectivity index (χ2v) is 2.94. The predicted octanol–water partition coefficient (Wildman–Crippen LogP) is 0.271. The molecule has 1 aromatic heterocycles. The van der Waals surface area contributed by atoms with E-state index in [1.165, 1.54) is 6.26 Å². The highest BCUT2D eigenvalue weighted by molar-refractivity contribution is 4.94. The molecule has 0 unspecified atom stereocenters. The van der Waals surface area contributed by atoms with Crippen LogP contribution in [-0.2, 0) is 13.0 Å². The van der Waals surface area contributed by atoms with Gasteiger partial charge in [0.2, 0.25) is 0 Å². The van der Waals surface area contributed by atoms with Gasteiger partial charge in [-0.15, -0.1) is 0 Å². The Labute approximate surface area is 71.8 Å². The summed E-state index contributed by atoms with van der Waals surface area (Å²) in [6.45, 7) is 0.858. The molecule has 0 aliphatic heterocycles. The lowest BCUT2D eigenvalue weighted by Gasteiger charge is -2.05. The molecule has 0 bridgehead atoms. The smallest absolute Gasteiger partial charge is 0.195 e. The third-order valence-electron chi connectivity index (χ3n) is 1.53. The molecule has 0 saturated carbocycles. The van der Waals surface area contributed by atoms with E-state index in [0.29, 0.717) is 11.6 Å². The summed E-state index contributed by atoms with van der Waals surface area (Å²) in [5.41, 5.74) is 0.601. The summed E-state index contributed by atoms with van der Waals surface area (Å²) < 4.78 is 5.11. The molecule has 0 spiro atoms. The molecular formula is C8H14N2O2. The summed E-state index contributed by atoms with van der Waals surface area (Å²) in [6, 6.07) is 0. The van der Waals surface area contributed by atoms with Crippen LogP contribution in [0.1, 0.15) is 11.6 Å². The van der Waals surface area contributed by atoms with E-state index in [1.807, 2.05) is 14.1 Å². The van der Waals surface area contributed by atoms with E-state index in [0.717, 1.165) is 13.0 Å². The molecule has 0 aliphatic rings. The van der Waals surface area contributed by atoms with E-state index in [4.69, 9.17) is 9.52 Å². The predicted molar refractivity (Wildman–Crippen MR) is 44.7 cm³/mol. The monoisotopic (exact) mass is 170 g/mol. The van der Waals surface area contributed by atoms with Crippen LogP contribution in [-0.4, -0.2) is 35.6 Å². The Balaban J connectivity index is 2.41. The quantitative estimate of drug-likeness (QED) is 0.704. The largest absolute Gasteiger partial charge is 0.449 e. The highest BCUT2D eigenvalue weighted by Crippen LogP contribution is 2.02. The molecule has 0 fully saturated rings. The SMILES string of the molecule is CN(C)CCc1nc(CO)co1. The van der Waals surface area contributed by atoms with Crippen molar-refractivity contribution < 1.29 is 9.52 Å². The van der Waals surface area contributed by atoms with Crippen LogP contribution in [0.5, 0.6) is 0 Å². The van der Waals surface area contributed by atoms with Crippen molar-refractivity contribution in [2.45, 2.75) is 13.0 Å². The van der Waals surface area contributed by atoms with Gasteiger partial charge in [0.1, 0.15) is 12.0 Å². The van der Waals surface area contributed by atoms with Crippen LogP contribution >= 0.6 is 0 Å². The molecule has 12 heavy (non-hydrogen) atoms. The molecule has 1 N–H and O–H groups in total. The maximum absolute atomic E-state index is 8.70. The molecule has 0 atom stereocenters. The molecule has 1 heterocycles. The number of hydrogen-bond donors (Lipinski definition) is 1. The zero-order valence-corrected chi connectivity index (χ0v) is 7.45. The number of aliphatic hydroxyl groups excluding tert-OH is 1. The van der Waals surface area contributed by atoms with Crippen molar-refractivity contribution in [2.24, 2.45) is 0 Å². The van der Waals surface area contributed by atoms with Gasteiger partial charge in [0.05, 0.1) is 6.61 Å². The Kier molecular flexibility index (Phi) is 3.25. The van der Waals surface area contributed by atoms with Gasteiger partial charge in [-0.05, 0) is 14.1 Å². The summed E-state index contributed by atoms with van der Waals surface area (Å²) in [7, 11) is 3.99. The maximum Gasteiger partial charge on any atom is 0.195 e. The Morgan fingerprint density at radius 2 is 2.33 bits per heavy atom. The van der Waals surface area contributed by atoms with E-state index >= 15 is 0 Å². The minimum atomic E-state index is -0.0501. The highest BCUT2D eigenvalue weighted by atomic mass is 16.3. The number of likely N-dealkylation sites (N-methyl/N-ethyl adjacent to an activating group) is 1. The fourth-order valence-corrected chi connectivity index (χ4v) is 0.856. The van der Waals surface area contributed by atoms with Gasteiger partial charge >= 0.3 is 0 Å². The van der Waals surface area contributed by atoms with Crippen LogP contribution in [0.2, 0.25) is 0 Å². The first-order chi connectivity index (χ1) is 5.72. The summed E-state index contributed by atoms with van der Waals surface area (Å²) in [5, 5.41) is 8.70. The van der Waals surface area contributed by atoms with Crippen LogP contribution < -0.4 is 0 Å². The van der Waals surface area contributed by atoms with Gasteiger partial charge in [0.15, 0.2) is 5.89 Å². The molecule has 0 radical (unpaired) electrons. The first kappa shape index (κ1) is 9.22. The summed E-state index contributed by atoms with van der Waals surface area (Å²) in [5.74, 6) is 0.688. The average molecular weight is 170 g/mol. The molecule has 0 saturated heterocycles. The Bertz CT molecular complexity index is 233. The zero-order valence-electron chi connectivity index (χ0n) is 7.45. The highest BCUT2D eigenvalue weighted by Gasteiger charge is 2.02. The minimum Gasteiger partial charge on any atom is -0.449 e. The first-order valence-electron chi connectivity index (χ1n) is 3.91. The van der Waals surface area contributed by atoms with E-state index in [9.17, 15) is 0 Å². The minimum absolute atomic E-state index is 0.0501. The van der Waals surface area contributed by atoms with E-state index in [1.54, 1.807) is 0 Å². The van der Waals surface area contributed by atoms with Gasteiger partial charge in [0.25, 0.3) is 0 Å². The lowest BCUT2D eigenvalue weighted by Crippen LogP contribution is -2.15. The number of nitrogens with zero attached hydrogens (tertiary/aromatic N) is 2. The van der Waals surface area contributed by atoms with Crippen molar-refractivity contribution in [3.63, 3.8) is 0 Å². The van der Waals surface area contributed by atoms with Crippen LogP contribution in [0, 0.1) is 0 Å². The second kappa shape index (κ2) is 4.23. The number of hydrogen-bond acceptors (Lipinski definition) is 4. The zero-order chi connectivity index (χ0) is 8.97. The van der Waals surface area contributed by atoms with Gasteiger partial charge < -0.3 is 14.4 Å². The fraction of sp³-hybridized carbons (Fsp3) is 0.625. The Morgan fingerprint density at radius 3 is 2.83 bits per heavy atom. The lowest BCUT2D eigenvalue weighted by atomic mass is 10.4. The number of aromatic nitrogens is 1. The number of aliphatic hydroxyl groups is 1.